The van der Waals surface area contributed by atoms with Crippen LogP contribution in [0.5, 0.6) is 11.5 Å². The number of aryl methyl sites for hydroxylation is 1. The van der Waals surface area contributed by atoms with Crippen LogP contribution in [0.2, 0.25) is 0 Å². The van der Waals surface area contributed by atoms with Crippen LogP contribution in [-0.4, -0.2) is 24.5 Å². The summed E-state index contributed by atoms with van der Waals surface area (Å²) in [5.74, 6) is 0.749. The fraction of sp³-hybridized carbons (Fsp3) is 0.333. The lowest BCUT2D eigenvalue weighted by molar-refractivity contribution is 0.0719. The Labute approximate surface area is 175 Å². The Balaban J connectivity index is 2.28. The van der Waals surface area contributed by atoms with Crippen molar-refractivity contribution in [1.82, 2.24) is 0 Å². The Morgan fingerprint density at radius 1 is 0.733 bits per heavy atom. The van der Waals surface area contributed by atoms with Crippen LogP contribution in [0.25, 0.3) is 21.5 Å². The van der Waals surface area contributed by atoms with Crippen molar-refractivity contribution in [2.24, 2.45) is 0 Å². The van der Waals surface area contributed by atoms with E-state index in [2.05, 4.69) is 0 Å². The number of carbonyl (C=O) groups excluding carboxylic acids is 2. The van der Waals surface area contributed by atoms with Gasteiger partial charge < -0.3 is 18.9 Å². The highest BCUT2D eigenvalue weighted by Gasteiger charge is 2.23. The van der Waals surface area contributed by atoms with Crippen LogP contribution in [0.15, 0.2) is 42.5 Å². The Morgan fingerprint density at radius 3 is 1.77 bits per heavy atom. The molecule has 0 aliphatic rings. The van der Waals surface area contributed by atoms with Gasteiger partial charge in [0, 0.05) is 21.5 Å². The molecule has 158 valence electrons. The predicted octanol–water partition coefficient (Wildman–Crippen LogP) is 6.40. The van der Waals surface area contributed by atoms with E-state index in [0.29, 0.717) is 39.5 Å². The minimum Gasteiger partial charge on any atom is -0.431 e. The molecule has 3 aromatic rings. The second kappa shape index (κ2) is 9.03. The summed E-state index contributed by atoms with van der Waals surface area (Å²) in [6.45, 7) is 9.03. The van der Waals surface area contributed by atoms with E-state index in [0.717, 1.165) is 5.56 Å². The Kier molecular flexibility index (Phi) is 6.45. The Hall–Kier alpha value is -3.28. The quantitative estimate of drug-likeness (QED) is 0.275. The van der Waals surface area contributed by atoms with Crippen molar-refractivity contribution in [3.8, 4) is 11.5 Å². The first-order valence-corrected chi connectivity index (χ1v) is 10.0. The number of benzene rings is 3. The first-order chi connectivity index (χ1) is 14.3. The van der Waals surface area contributed by atoms with Gasteiger partial charge in [0.1, 0.15) is 5.75 Å². The third-order valence-corrected chi connectivity index (χ3v) is 4.45. The lowest BCUT2D eigenvalue weighted by Gasteiger charge is -2.18. The van der Waals surface area contributed by atoms with E-state index in [1.54, 1.807) is 27.7 Å². The molecule has 0 aliphatic carbocycles. The van der Waals surface area contributed by atoms with E-state index in [-0.39, 0.29) is 12.2 Å². The zero-order valence-corrected chi connectivity index (χ0v) is 17.9. The molecule has 0 aliphatic heterocycles. The maximum atomic E-state index is 12.3. The smallest absolute Gasteiger partial charge is 0.431 e. The molecule has 0 amide bonds. The van der Waals surface area contributed by atoms with Crippen molar-refractivity contribution in [1.29, 1.82) is 0 Å². The van der Waals surface area contributed by atoms with Crippen molar-refractivity contribution in [2.75, 3.05) is 0 Å². The molecule has 0 spiro atoms. The summed E-state index contributed by atoms with van der Waals surface area (Å²) in [6.07, 6.45) is -1.49. The molecule has 3 aromatic carbocycles. The second-order valence-corrected chi connectivity index (χ2v) is 7.43. The SMILES string of the molecule is CCc1cccc2c(OC(=O)OC(C)C)c3ccccc3c(OC(=O)OC(C)C)c12. The Morgan fingerprint density at radius 2 is 1.23 bits per heavy atom. The maximum Gasteiger partial charge on any atom is 0.514 e. The summed E-state index contributed by atoms with van der Waals surface area (Å²) in [7, 11) is 0. The van der Waals surface area contributed by atoms with Crippen molar-refractivity contribution in [3.05, 3.63) is 48.0 Å². The molecule has 6 nitrogen and oxygen atoms in total. The van der Waals surface area contributed by atoms with Crippen molar-refractivity contribution in [2.45, 2.75) is 53.2 Å². The number of carbonyl (C=O) groups is 2. The molecule has 3 rings (SSSR count). The number of fused-ring (bicyclic) bond motifs is 2. The molecule has 0 aromatic heterocycles. The van der Waals surface area contributed by atoms with Crippen LogP contribution < -0.4 is 9.47 Å². The van der Waals surface area contributed by atoms with E-state index in [4.69, 9.17) is 18.9 Å². The van der Waals surface area contributed by atoms with Crippen LogP contribution in [0.1, 0.15) is 40.2 Å². The summed E-state index contributed by atoms with van der Waals surface area (Å²) in [5.41, 5.74) is 0.952. The molecule has 0 radical (unpaired) electrons. The Bertz CT molecular complexity index is 1080. The van der Waals surface area contributed by atoms with Gasteiger partial charge in [0.15, 0.2) is 5.75 Å². The minimum absolute atomic E-state index is 0.311. The fourth-order valence-corrected chi connectivity index (χ4v) is 3.33. The van der Waals surface area contributed by atoms with Gasteiger partial charge in [-0.05, 0) is 39.7 Å². The standard InChI is InChI=1S/C24H26O6/c1-6-16-10-9-13-19-20(16)22(30-24(26)28-15(4)5)18-12-8-7-11-17(18)21(19)29-23(25)27-14(2)3/h7-15H,6H2,1-5H3. The first kappa shape index (κ1) is 21.4. The van der Waals surface area contributed by atoms with Gasteiger partial charge in [0.2, 0.25) is 0 Å². The van der Waals surface area contributed by atoms with Crippen LogP contribution in [-0.2, 0) is 15.9 Å². The monoisotopic (exact) mass is 410 g/mol. The summed E-state index contributed by atoms with van der Waals surface area (Å²) < 4.78 is 21.7. The normalized spacial score (nSPS) is 11.2. The van der Waals surface area contributed by atoms with E-state index in [1.807, 2.05) is 49.4 Å². The van der Waals surface area contributed by atoms with Crippen molar-refractivity contribution < 1.29 is 28.5 Å². The molecule has 0 unspecified atom stereocenters. The molecular weight excluding hydrogens is 384 g/mol. The zero-order chi connectivity index (χ0) is 21.8. The average Bonchev–Trinajstić information content (AvgIpc) is 2.68. The van der Waals surface area contributed by atoms with Gasteiger partial charge in [-0.15, -0.1) is 0 Å². The number of hydrogen-bond acceptors (Lipinski definition) is 6. The molecule has 0 saturated heterocycles. The van der Waals surface area contributed by atoms with Crippen molar-refractivity contribution in [3.63, 3.8) is 0 Å². The average molecular weight is 410 g/mol. The minimum atomic E-state index is -0.786. The lowest BCUT2D eigenvalue weighted by Crippen LogP contribution is -2.17. The van der Waals surface area contributed by atoms with Crippen LogP contribution in [0.3, 0.4) is 0 Å². The van der Waals surface area contributed by atoms with Crippen molar-refractivity contribution >= 4 is 33.9 Å². The molecule has 6 heteroatoms. The van der Waals surface area contributed by atoms with E-state index >= 15 is 0 Å². The maximum absolute atomic E-state index is 12.3. The number of rotatable bonds is 5. The molecule has 0 N–H and O–H groups in total. The highest BCUT2D eigenvalue weighted by molar-refractivity contribution is 6.13. The van der Waals surface area contributed by atoms with Gasteiger partial charge in [-0.25, -0.2) is 9.59 Å². The van der Waals surface area contributed by atoms with E-state index < -0.39 is 12.3 Å². The summed E-state index contributed by atoms with van der Waals surface area (Å²) in [5, 5.41) is 2.62. The summed E-state index contributed by atoms with van der Waals surface area (Å²) in [4.78, 5) is 24.6. The van der Waals surface area contributed by atoms with Gasteiger partial charge in [0.25, 0.3) is 0 Å². The van der Waals surface area contributed by atoms with Gasteiger partial charge in [0.05, 0.1) is 12.2 Å². The fourth-order valence-electron chi connectivity index (χ4n) is 3.33. The highest BCUT2D eigenvalue weighted by atomic mass is 16.7. The lowest BCUT2D eigenvalue weighted by atomic mass is 9.96. The van der Waals surface area contributed by atoms with Gasteiger partial charge >= 0.3 is 12.3 Å². The third-order valence-electron chi connectivity index (χ3n) is 4.45. The van der Waals surface area contributed by atoms with Gasteiger partial charge in [-0.2, -0.15) is 0 Å². The molecule has 0 saturated carbocycles. The van der Waals surface area contributed by atoms with Crippen LogP contribution >= 0.6 is 0 Å². The van der Waals surface area contributed by atoms with Gasteiger partial charge in [-0.3, -0.25) is 0 Å². The predicted molar refractivity (Wildman–Crippen MR) is 115 cm³/mol. The molecule has 0 heterocycles. The second-order valence-electron chi connectivity index (χ2n) is 7.43. The zero-order valence-electron chi connectivity index (χ0n) is 17.9. The molecule has 30 heavy (non-hydrogen) atoms. The number of hydrogen-bond donors (Lipinski definition) is 0. The van der Waals surface area contributed by atoms with Crippen LogP contribution in [0, 0.1) is 0 Å². The number of ether oxygens (including phenoxy) is 4. The topological polar surface area (TPSA) is 71.1 Å². The molecule has 0 fully saturated rings. The first-order valence-electron chi connectivity index (χ1n) is 10.0. The van der Waals surface area contributed by atoms with Gasteiger partial charge in [-0.1, -0.05) is 49.4 Å². The molecule has 0 atom stereocenters. The largest absolute Gasteiger partial charge is 0.514 e. The molecular formula is C24H26O6. The van der Waals surface area contributed by atoms with E-state index in [9.17, 15) is 9.59 Å². The summed E-state index contributed by atoms with van der Waals surface area (Å²) in [6, 6.07) is 13.0. The molecule has 0 bridgehead atoms. The van der Waals surface area contributed by atoms with E-state index in [1.165, 1.54) is 0 Å². The third kappa shape index (κ3) is 4.48. The summed E-state index contributed by atoms with van der Waals surface area (Å²) >= 11 is 0. The highest BCUT2D eigenvalue weighted by Crippen LogP contribution is 2.44. The van der Waals surface area contributed by atoms with Crippen LogP contribution in [0.4, 0.5) is 9.59 Å².